The molecule has 8 nitrogen and oxygen atoms in total. The Bertz CT molecular complexity index is 998. The largest absolute Gasteiger partial charge is 0.504 e. The molecule has 0 bridgehead atoms. The number of aromatic hydroxyl groups is 1. The maximum absolute atomic E-state index is 12.0. The SMILES string of the molecule is COC1C=CC2=CCN3CCc4cc(O)c(OS(=O)(=O)CC(=O)O)cc4C23C1. The standard InChI is InChI=1S/C19H21NO7S/c1-26-14-3-2-13-5-7-20-6-4-12-8-16(21)17(9-15(12)19(13,20)10-14)27-28(24,25)11-18(22)23/h2-3,5,8-9,14,21H,4,6-7,10-11H2,1H3,(H,22,23). The minimum absolute atomic E-state index is 0.0994. The van der Waals surface area contributed by atoms with Crippen LogP contribution in [0, 0.1) is 0 Å². The van der Waals surface area contributed by atoms with Crippen molar-refractivity contribution >= 4 is 16.1 Å². The van der Waals surface area contributed by atoms with Gasteiger partial charge in [0, 0.05) is 26.6 Å². The van der Waals surface area contributed by atoms with Crippen LogP contribution in [0.2, 0.25) is 0 Å². The zero-order valence-corrected chi connectivity index (χ0v) is 16.1. The molecule has 4 rings (SSSR count). The smallest absolute Gasteiger partial charge is 0.322 e. The number of nitrogens with zero attached hydrogens (tertiary/aromatic N) is 1. The lowest BCUT2D eigenvalue weighted by Crippen LogP contribution is -2.51. The number of hydrogen-bond donors (Lipinski definition) is 2. The highest BCUT2D eigenvalue weighted by molar-refractivity contribution is 7.87. The van der Waals surface area contributed by atoms with Crippen LogP contribution in [0.5, 0.6) is 11.5 Å². The molecule has 0 fully saturated rings. The van der Waals surface area contributed by atoms with Gasteiger partial charge in [0.05, 0.1) is 11.6 Å². The van der Waals surface area contributed by atoms with Crippen LogP contribution in [0.4, 0.5) is 0 Å². The molecule has 150 valence electrons. The fraction of sp³-hybridized carbons (Fsp3) is 0.421. The van der Waals surface area contributed by atoms with Crippen LogP contribution in [-0.2, 0) is 31.6 Å². The summed E-state index contributed by atoms with van der Waals surface area (Å²) >= 11 is 0. The molecule has 0 saturated heterocycles. The van der Waals surface area contributed by atoms with Gasteiger partial charge in [-0.15, -0.1) is 0 Å². The van der Waals surface area contributed by atoms with Gasteiger partial charge in [0.15, 0.2) is 17.3 Å². The molecule has 0 amide bonds. The van der Waals surface area contributed by atoms with Crippen LogP contribution in [-0.4, -0.2) is 61.6 Å². The molecule has 28 heavy (non-hydrogen) atoms. The average molecular weight is 407 g/mol. The molecule has 2 heterocycles. The number of benzene rings is 1. The summed E-state index contributed by atoms with van der Waals surface area (Å²) in [5, 5.41) is 19.1. The lowest BCUT2D eigenvalue weighted by atomic mass is 9.71. The third-order valence-corrected chi connectivity index (χ3v) is 6.67. The van der Waals surface area contributed by atoms with Gasteiger partial charge in [0.2, 0.25) is 0 Å². The van der Waals surface area contributed by atoms with Crippen LogP contribution in [0.1, 0.15) is 17.5 Å². The average Bonchev–Trinajstić information content (AvgIpc) is 3.00. The van der Waals surface area contributed by atoms with Crippen molar-refractivity contribution in [1.82, 2.24) is 4.90 Å². The summed E-state index contributed by atoms with van der Waals surface area (Å²) in [5.74, 6) is -3.29. The molecular formula is C19H21NO7S. The Morgan fingerprint density at radius 1 is 1.39 bits per heavy atom. The van der Waals surface area contributed by atoms with Crippen LogP contribution < -0.4 is 4.18 Å². The van der Waals surface area contributed by atoms with Crippen LogP contribution >= 0.6 is 0 Å². The van der Waals surface area contributed by atoms with Gasteiger partial charge in [-0.1, -0.05) is 18.2 Å². The maximum Gasteiger partial charge on any atom is 0.322 e. The Kier molecular flexibility index (Phi) is 4.48. The third-order valence-electron chi connectivity index (χ3n) is 5.64. The van der Waals surface area contributed by atoms with E-state index in [0.29, 0.717) is 12.8 Å². The number of methoxy groups -OCH3 is 1. The van der Waals surface area contributed by atoms with Crippen molar-refractivity contribution in [3.05, 3.63) is 47.1 Å². The number of carboxylic acids is 1. The number of rotatable bonds is 5. The number of phenols is 1. The molecule has 0 saturated carbocycles. The van der Waals surface area contributed by atoms with Crippen LogP contribution in [0.25, 0.3) is 0 Å². The Balaban J connectivity index is 1.81. The molecule has 2 atom stereocenters. The molecule has 1 spiro atoms. The van der Waals surface area contributed by atoms with E-state index in [2.05, 4.69) is 11.0 Å². The lowest BCUT2D eigenvalue weighted by molar-refractivity contribution is -0.134. The first-order valence-corrected chi connectivity index (χ1v) is 10.5. The number of carboxylic acid groups (broad SMARTS) is 1. The van der Waals surface area contributed by atoms with Gasteiger partial charge >= 0.3 is 16.1 Å². The summed E-state index contributed by atoms with van der Waals surface area (Å²) in [7, 11) is -2.73. The number of fused-ring (bicyclic) bond motifs is 1. The minimum atomic E-state index is -4.38. The van der Waals surface area contributed by atoms with E-state index in [1.54, 1.807) is 7.11 Å². The number of carbonyl (C=O) groups is 1. The van der Waals surface area contributed by atoms with E-state index in [-0.39, 0.29) is 17.6 Å². The second-order valence-corrected chi connectivity index (χ2v) is 8.78. The number of ether oxygens (including phenoxy) is 1. The molecule has 0 radical (unpaired) electrons. The summed E-state index contributed by atoms with van der Waals surface area (Å²) in [6, 6.07) is 3.05. The molecule has 2 N–H and O–H groups in total. The van der Waals surface area contributed by atoms with E-state index in [1.807, 2.05) is 12.2 Å². The Morgan fingerprint density at radius 2 is 2.18 bits per heavy atom. The second-order valence-electron chi connectivity index (χ2n) is 7.21. The van der Waals surface area contributed by atoms with E-state index < -0.39 is 27.4 Å². The van der Waals surface area contributed by atoms with Gasteiger partial charge in [0.25, 0.3) is 0 Å². The summed E-state index contributed by atoms with van der Waals surface area (Å²) in [6.45, 7) is 1.57. The lowest BCUT2D eigenvalue weighted by Gasteiger charge is -2.48. The van der Waals surface area contributed by atoms with Gasteiger partial charge in [-0.3, -0.25) is 9.69 Å². The first kappa shape index (κ1) is 19.0. The molecule has 2 unspecified atom stereocenters. The Hall–Kier alpha value is -2.36. The van der Waals surface area contributed by atoms with Crippen molar-refractivity contribution in [2.24, 2.45) is 0 Å². The highest BCUT2D eigenvalue weighted by Crippen LogP contribution is 2.52. The highest BCUT2D eigenvalue weighted by Gasteiger charge is 2.50. The first-order valence-electron chi connectivity index (χ1n) is 8.92. The van der Waals surface area contributed by atoms with Gasteiger partial charge in [0.1, 0.15) is 0 Å². The monoisotopic (exact) mass is 407 g/mol. The minimum Gasteiger partial charge on any atom is -0.504 e. The van der Waals surface area contributed by atoms with Crippen molar-refractivity contribution in [2.75, 3.05) is 26.0 Å². The summed E-state index contributed by atoms with van der Waals surface area (Å²) < 4.78 is 34.4. The van der Waals surface area contributed by atoms with Crippen molar-refractivity contribution < 1.29 is 32.3 Å². The highest BCUT2D eigenvalue weighted by atomic mass is 32.2. The second kappa shape index (κ2) is 6.61. The molecular weight excluding hydrogens is 386 g/mol. The molecule has 1 aromatic carbocycles. The fourth-order valence-electron chi connectivity index (χ4n) is 4.46. The number of phenolic OH excluding ortho intramolecular Hbond substituents is 1. The van der Waals surface area contributed by atoms with E-state index in [4.69, 9.17) is 14.0 Å². The molecule has 1 aromatic rings. The predicted molar refractivity (Wildman–Crippen MR) is 99.7 cm³/mol. The van der Waals surface area contributed by atoms with Gasteiger partial charge in [-0.2, -0.15) is 8.42 Å². The molecule has 3 aliphatic rings. The number of aliphatic carboxylic acids is 1. The molecule has 9 heteroatoms. The summed E-state index contributed by atoms with van der Waals surface area (Å²) in [5.41, 5.74) is 2.39. The van der Waals surface area contributed by atoms with Gasteiger partial charge in [-0.25, -0.2) is 0 Å². The molecule has 1 aliphatic carbocycles. The summed E-state index contributed by atoms with van der Waals surface area (Å²) in [6.07, 6.45) is 7.44. The predicted octanol–water partition coefficient (Wildman–Crippen LogP) is 1.15. The summed E-state index contributed by atoms with van der Waals surface area (Å²) in [4.78, 5) is 13.1. The van der Waals surface area contributed by atoms with Crippen LogP contribution in [0.15, 0.2) is 35.9 Å². The third kappa shape index (κ3) is 2.99. The molecule has 2 aliphatic heterocycles. The quantitative estimate of drug-likeness (QED) is 0.699. The van der Waals surface area contributed by atoms with E-state index in [1.165, 1.54) is 12.1 Å². The van der Waals surface area contributed by atoms with Crippen molar-refractivity contribution in [3.63, 3.8) is 0 Å². The normalized spacial score (nSPS) is 26.2. The van der Waals surface area contributed by atoms with E-state index in [9.17, 15) is 18.3 Å². The van der Waals surface area contributed by atoms with Crippen molar-refractivity contribution in [3.8, 4) is 11.5 Å². The van der Waals surface area contributed by atoms with Crippen molar-refractivity contribution in [2.45, 2.75) is 24.5 Å². The molecule has 0 aromatic heterocycles. The van der Waals surface area contributed by atoms with E-state index in [0.717, 1.165) is 29.8 Å². The first-order chi connectivity index (χ1) is 13.2. The zero-order chi connectivity index (χ0) is 20.1. The van der Waals surface area contributed by atoms with Gasteiger partial charge < -0.3 is 19.1 Å². The van der Waals surface area contributed by atoms with E-state index >= 15 is 0 Å². The Labute approximate surface area is 162 Å². The Morgan fingerprint density at radius 3 is 2.89 bits per heavy atom. The van der Waals surface area contributed by atoms with Crippen molar-refractivity contribution in [1.29, 1.82) is 0 Å². The topological polar surface area (TPSA) is 113 Å². The maximum atomic E-state index is 12.0. The zero-order valence-electron chi connectivity index (χ0n) is 15.3. The van der Waals surface area contributed by atoms with Gasteiger partial charge in [-0.05, 0) is 35.3 Å². The number of hydrogen-bond acceptors (Lipinski definition) is 7. The fourth-order valence-corrected chi connectivity index (χ4v) is 5.23. The van der Waals surface area contributed by atoms with Crippen LogP contribution in [0.3, 0.4) is 0 Å².